The maximum Gasteiger partial charge on any atom is -0.0106 e. The monoisotopic (exact) mass is 304 g/mol. The largest absolute Gasteiger partial charge is 0.0807 e. The van der Waals surface area contributed by atoms with Gasteiger partial charge in [-0.2, -0.15) is 0 Å². The van der Waals surface area contributed by atoms with Crippen molar-refractivity contribution in [3.05, 3.63) is 65.7 Å². The van der Waals surface area contributed by atoms with Crippen LogP contribution in [0.4, 0.5) is 0 Å². The molecular weight excluding hydrogens is 276 g/mol. The van der Waals surface area contributed by atoms with Gasteiger partial charge in [-0.15, -0.1) is 0 Å². The molecule has 0 saturated carbocycles. The van der Waals surface area contributed by atoms with Crippen molar-refractivity contribution in [1.82, 2.24) is 0 Å². The number of unbranched alkanes of at least 4 members (excludes halogenated alkanes) is 2. The van der Waals surface area contributed by atoms with Gasteiger partial charge in [0.05, 0.1) is 0 Å². The Labute approximate surface area is 141 Å². The molecule has 0 spiro atoms. The predicted molar refractivity (Wildman–Crippen MR) is 102 cm³/mol. The predicted octanol–water partition coefficient (Wildman–Crippen LogP) is 7.04. The van der Waals surface area contributed by atoms with Crippen LogP contribution in [0.5, 0.6) is 0 Å². The summed E-state index contributed by atoms with van der Waals surface area (Å²) >= 11 is 0. The highest BCUT2D eigenvalue weighted by molar-refractivity contribution is 5.83. The number of hydrogen-bond acceptors (Lipinski definition) is 0. The van der Waals surface area contributed by atoms with Gasteiger partial charge in [0, 0.05) is 0 Å². The first-order valence-electron chi connectivity index (χ1n) is 9.27. The second kappa shape index (κ2) is 8.15. The highest BCUT2D eigenvalue weighted by Gasteiger charge is 2.15. The van der Waals surface area contributed by atoms with Crippen LogP contribution in [0.25, 0.3) is 16.7 Å². The number of allylic oxidation sites excluding steroid dienone is 2. The SMILES string of the molecule is CCCCCc1cccc(-c2ccccc2)c1C1=CCCCC1. The molecule has 0 heterocycles. The van der Waals surface area contributed by atoms with E-state index in [1.807, 2.05) is 0 Å². The number of hydrogen-bond donors (Lipinski definition) is 0. The molecule has 3 rings (SSSR count). The van der Waals surface area contributed by atoms with Crippen molar-refractivity contribution < 1.29 is 0 Å². The summed E-state index contributed by atoms with van der Waals surface area (Å²) < 4.78 is 0. The standard InChI is InChI=1S/C23H28/c1-2-3-6-14-21-17-11-18-22(19-12-7-4-8-13-19)23(21)20-15-9-5-10-16-20/h4,7-8,11-13,15,17-18H,2-3,5-6,9-10,14,16H2,1H3. The Morgan fingerprint density at radius 2 is 1.74 bits per heavy atom. The lowest BCUT2D eigenvalue weighted by Gasteiger charge is -2.21. The van der Waals surface area contributed by atoms with Crippen LogP contribution in [0.1, 0.15) is 63.0 Å². The van der Waals surface area contributed by atoms with Crippen molar-refractivity contribution in [2.75, 3.05) is 0 Å². The Kier molecular flexibility index (Phi) is 5.69. The van der Waals surface area contributed by atoms with Crippen LogP contribution in [0.3, 0.4) is 0 Å². The van der Waals surface area contributed by atoms with E-state index in [4.69, 9.17) is 0 Å². The van der Waals surface area contributed by atoms with Crippen LogP contribution in [-0.4, -0.2) is 0 Å². The number of rotatable bonds is 6. The molecule has 0 atom stereocenters. The second-order valence-electron chi connectivity index (χ2n) is 6.64. The van der Waals surface area contributed by atoms with E-state index in [1.165, 1.54) is 68.1 Å². The van der Waals surface area contributed by atoms with Crippen LogP contribution >= 0.6 is 0 Å². The molecule has 120 valence electrons. The quantitative estimate of drug-likeness (QED) is 0.502. The van der Waals surface area contributed by atoms with Gasteiger partial charge >= 0.3 is 0 Å². The Hall–Kier alpha value is -1.82. The Morgan fingerprint density at radius 3 is 2.48 bits per heavy atom. The third-order valence-corrected chi connectivity index (χ3v) is 4.90. The lowest BCUT2D eigenvalue weighted by atomic mass is 9.84. The van der Waals surface area contributed by atoms with E-state index in [0.29, 0.717) is 0 Å². The van der Waals surface area contributed by atoms with Gasteiger partial charge in [-0.25, -0.2) is 0 Å². The number of benzene rings is 2. The zero-order valence-corrected chi connectivity index (χ0v) is 14.4. The average Bonchev–Trinajstić information content (AvgIpc) is 2.63. The lowest BCUT2D eigenvalue weighted by molar-refractivity contribution is 0.713. The normalized spacial score (nSPS) is 14.6. The van der Waals surface area contributed by atoms with E-state index in [2.05, 4.69) is 61.5 Å². The summed E-state index contributed by atoms with van der Waals surface area (Å²) in [4.78, 5) is 0. The first kappa shape index (κ1) is 16.1. The molecule has 0 bridgehead atoms. The summed E-state index contributed by atoms with van der Waals surface area (Å²) in [5, 5.41) is 0. The van der Waals surface area contributed by atoms with Gasteiger partial charge in [-0.3, -0.25) is 0 Å². The summed E-state index contributed by atoms with van der Waals surface area (Å²) in [6, 6.07) is 17.8. The summed E-state index contributed by atoms with van der Waals surface area (Å²) in [6.07, 6.45) is 12.8. The second-order valence-corrected chi connectivity index (χ2v) is 6.64. The highest BCUT2D eigenvalue weighted by Crippen LogP contribution is 2.37. The first-order chi connectivity index (χ1) is 11.4. The van der Waals surface area contributed by atoms with E-state index in [-0.39, 0.29) is 0 Å². The molecule has 0 amide bonds. The molecule has 0 N–H and O–H groups in total. The van der Waals surface area contributed by atoms with Crippen molar-refractivity contribution in [3.8, 4) is 11.1 Å². The molecule has 0 saturated heterocycles. The van der Waals surface area contributed by atoms with Gasteiger partial charge in [0.2, 0.25) is 0 Å². The topological polar surface area (TPSA) is 0 Å². The molecule has 0 fully saturated rings. The van der Waals surface area contributed by atoms with E-state index < -0.39 is 0 Å². The minimum absolute atomic E-state index is 1.21. The minimum Gasteiger partial charge on any atom is -0.0807 e. The van der Waals surface area contributed by atoms with Gasteiger partial charge < -0.3 is 0 Å². The van der Waals surface area contributed by atoms with Crippen LogP contribution in [0, 0.1) is 0 Å². The maximum absolute atomic E-state index is 2.49. The fourth-order valence-corrected chi connectivity index (χ4v) is 3.68. The zero-order valence-electron chi connectivity index (χ0n) is 14.4. The van der Waals surface area contributed by atoms with Crippen molar-refractivity contribution in [3.63, 3.8) is 0 Å². The summed E-state index contributed by atoms with van der Waals surface area (Å²) in [6.45, 7) is 2.28. The molecule has 0 aromatic heterocycles. The van der Waals surface area contributed by atoms with Crippen LogP contribution in [0.15, 0.2) is 54.6 Å². The van der Waals surface area contributed by atoms with Crippen LogP contribution in [0.2, 0.25) is 0 Å². The summed E-state index contributed by atoms with van der Waals surface area (Å²) in [5.41, 5.74) is 7.45. The molecule has 2 aromatic rings. The van der Waals surface area contributed by atoms with Gasteiger partial charge in [0.15, 0.2) is 0 Å². The van der Waals surface area contributed by atoms with Crippen molar-refractivity contribution in [2.45, 2.75) is 58.3 Å². The van der Waals surface area contributed by atoms with Crippen LogP contribution < -0.4 is 0 Å². The molecular formula is C23H28. The molecule has 2 aromatic carbocycles. The Bertz CT molecular complexity index is 649. The summed E-state index contributed by atoms with van der Waals surface area (Å²) in [5.74, 6) is 0. The lowest BCUT2D eigenvalue weighted by Crippen LogP contribution is -2.00. The maximum atomic E-state index is 2.49. The first-order valence-corrected chi connectivity index (χ1v) is 9.27. The highest BCUT2D eigenvalue weighted by atomic mass is 14.2. The fraction of sp³-hybridized carbons (Fsp3) is 0.391. The fourth-order valence-electron chi connectivity index (χ4n) is 3.68. The van der Waals surface area contributed by atoms with Crippen molar-refractivity contribution >= 4 is 5.57 Å². The average molecular weight is 304 g/mol. The third kappa shape index (κ3) is 3.93. The van der Waals surface area contributed by atoms with Gasteiger partial charge in [0.1, 0.15) is 0 Å². The minimum atomic E-state index is 1.21. The van der Waals surface area contributed by atoms with Crippen molar-refractivity contribution in [1.29, 1.82) is 0 Å². The smallest absolute Gasteiger partial charge is 0.0106 e. The summed E-state index contributed by atoms with van der Waals surface area (Å²) in [7, 11) is 0. The molecule has 0 unspecified atom stereocenters. The van der Waals surface area contributed by atoms with E-state index >= 15 is 0 Å². The van der Waals surface area contributed by atoms with Gasteiger partial charge in [-0.1, -0.05) is 74.4 Å². The van der Waals surface area contributed by atoms with Gasteiger partial charge in [0.25, 0.3) is 0 Å². The Balaban J connectivity index is 2.04. The Morgan fingerprint density at radius 1 is 0.870 bits per heavy atom. The molecule has 0 nitrogen and oxygen atoms in total. The molecule has 0 heteroatoms. The van der Waals surface area contributed by atoms with E-state index in [9.17, 15) is 0 Å². The number of aryl methyl sites for hydroxylation is 1. The van der Waals surface area contributed by atoms with E-state index in [0.717, 1.165) is 0 Å². The third-order valence-electron chi connectivity index (χ3n) is 4.90. The zero-order chi connectivity index (χ0) is 15.9. The van der Waals surface area contributed by atoms with E-state index in [1.54, 1.807) is 11.1 Å². The van der Waals surface area contributed by atoms with Crippen molar-refractivity contribution in [2.24, 2.45) is 0 Å². The molecule has 23 heavy (non-hydrogen) atoms. The molecule has 0 aliphatic heterocycles. The van der Waals surface area contributed by atoms with Gasteiger partial charge in [-0.05, 0) is 66.4 Å². The molecule has 0 radical (unpaired) electrons. The molecule has 1 aliphatic rings. The molecule has 1 aliphatic carbocycles. The van der Waals surface area contributed by atoms with Crippen LogP contribution in [-0.2, 0) is 6.42 Å².